The van der Waals surface area contributed by atoms with Gasteiger partial charge in [0.25, 0.3) is 0 Å². The number of aromatic carboxylic acids is 1. The van der Waals surface area contributed by atoms with Crippen molar-refractivity contribution in [2.45, 2.75) is 78.0 Å². The molecule has 24 heteroatoms. The van der Waals surface area contributed by atoms with Crippen LogP contribution in [0.2, 0.25) is 20.1 Å². The number of hydrogen-bond acceptors (Lipinski definition) is 17. The second-order valence-corrected chi connectivity index (χ2v) is 22.6. The number of likely N-dealkylation sites (tertiary alicyclic amines) is 2. The molecule has 0 atom stereocenters. The Hall–Kier alpha value is -8.24. The zero-order valence-corrected chi connectivity index (χ0v) is 48.6. The van der Waals surface area contributed by atoms with Gasteiger partial charge < -0.3 is 46.8 Å². The Balaban J connectivity index is 0.000000176. The van der Waals surface area contributed by atoms with Crippen molar-refractivity contribution in [2.24, 2.45) is 0 Å². The predicted octanol–water partition coefficient (Wildman–Crippen LogP) is 11.9. The number of halogens is 4. The van der Waals surface area contributed by atoms with Crippen LogP contribution in [-0.2, 0) is 44.1 Å². The summed E-state index contributed by atoms with van der Waals surface area (Å²) < 4.78 is 44.6. The van der Waals surface area contributed by atoms with Crippen LogP contribution in [0, 0.1) is 0 Å². The van der Waals surface area contributed by atoms with Gasteiger partial charge in [-0.3, -0.25) is 19.8 Å². The Bertz CT molecular complexity index is 3950. The standard InChI is InChI=1S/C32H31Cl2N5O5.C28H23Cl2N5O5/c1-32(2,3)44-31(40)20-4-6-27-28(10-20)39(16-24-13-35-19-42-24)30(37-27)17-38-14-25(15-38)43-23-8-9-36-22(12-23)18-41-29-7-5-21(33)11-26(29)34;29-18-2-4-26(23(30)8-18)38-15-19-9-20(5-6-32-19)40-22-11-34(12-22)14-27-33-24-3-1-17(28(36)37)7-25(24)35(27)13-21-10-31-16-39-21/h4-13,19,25H,14-18H2,1-3H3;1-10,16,22H,11-15H2,(H,36,37). The lowest BCUT2D eigenvalue weighted by atomic mass is 10.1. The Morgan fingerprint density at radius 1 is 0.595 bits per heavy atom. The third-order valence-electron chi connectivity index (χ3n) is 13.4. The fraction of sp³-hybridized carbons (Fsp3) is 0.267. The summed E-state index contributed by atoms with van der Waals surface area (Å²) in [5, 5.41) is 11.4. The number of nitrogens with zero attached hydrogens (tertiary/aromatic N) is 10. The maximum Gasteiger partial charge on any atom is 0.338 e. The number of imidazole rings is 2. The summed E-state index contributed by atoms with van der Waals surface area (Å²) in [6.45, 7) is 10.9. The van der Waals surface area contributed by atoms with Gasteiger partial charge in [-0.05, 0) is 106 Å². The molecule has 6 aromatic heterocycles. The minimum absolute atomic E-state index is 0.00703. The Labute approximate surface area is 501 Å². The van der Waals surface area contributed by atoms with E-state index in [0.717, 1.165) is 58.2 Å². The van der Waals surface area contributed by atoms with Gasteiger partial charge in [0.05, 0.1) is 93.2 Å². The van der Waals surface area contributed by atoms with Crippen molar-refractivity contribution in [2.75, 3.05) is 26.2 Å². The monoisotopic (exact) mass is 1210 g/mol. The van der Waals surface area contributed by atoms with Crippen LogP contribution in [0.5, 0.6) is 23.0 Å². The van der Waals surface area contributed by atoms with E-state index in [-0.39, 0.29) is 37.0 Å². The van der Waals surface area contributed by atoms with E-state index in [1.54, 1.807) is 85.5 Å². The summed E-state index contributed by atoms with van der Waals surface area (Å²) in [7, 11) is 0. The molecular formula is C60H54Cl4N10O10. The van der Waals surface area contributed by atoms with Crippen molar-refractivity contribution in [3.8, 4) is 23.0 Å². The highest BCUT2D eigenvalue weighted by atomic mass is 35.5. The molecule has 2 aliphatic rings. The van der Waals surface area contributed by atoms with Gasteiger partial charge in [0.15, 0.2) is 12.8 Å². The zero-order chi connectivity index (χ0) is 58.5. The molecule has 84 heavy (non-hydrogen) atoms. The van der Waals surface area contributed by atoms with Gasteiger partial charge in [-0.15, -0.1) is 0 Å². The first-order chi connectivity index (χ1) is 40.5. The molecule has 0 saturated carbocycles. The summed E-state index contributed by atoms with van der Waals surface area (Å²) in [4.78, 5) is 55.3. The molecule has 10 aromatic rings. The van der Waals surface area contributed by atoms with E-state index in [1.165, 1.54) is 12.8 Å². The third-order valence-corrected chi connectivity index (χ3v) is 14.5. The van der Waals surface area contributed by atoms with Gasteiger partial charge in [0.2, 0.25) is 0 Å². The van der Waals surface area contributed by atoms with Crippen LogP contribution >= 0.6 is 46.4 Å². The molecule has 0 amide bonds. The molecule has 20 nitrogen and oxygen atoms in total. The smallest absolute Gasteiger partial charge is 0.338 e. The van der Waals surface area contributed by atoms with E-state index in [2.05, 4.69) is 34.3 Å². The van der Waals surface area contributed by atoms with Crippen molar-refractivity contribution in [1.29, 1.82) is 0 Å². The fourth-order valence-corrected chi connectivity index (χ4v) is 10.4. The largest absolute Gasteiger partial charge is 0.488 e. The number of pyridine rings is 2. The lowest BCUT2D eigenvalue weighted by Crippen LogP contribution is -2.53. The quantitative estimate of drug-likeness (QED) is 0.0701. The molecule has 4 aromatic carbocycles. The molecule has 2 fully saturated rings. The second kappa shape index (κ2) is 25.3. The van der Waals surface area contributed by atoms with Crippen LogP contribution in [0.3, 0.4) is 0 Å². The molecule has 0 radical (unpaired) electrons. The SMILES string of the molecule is CC(C)(C)OC(=O)c1ccc2nc(CN3CC(Oc4ccnc(COc5ccc(Cl)cc5Cl)c4)C3)n(Cc3cnco3)c2c1.O=C(O)c1ccc2nc(CN3CC(Oc4ccnc(COc5ccc(Cl)cc5Cl)c4)C3)n(Cc3cnco3)c2c1. The Morgan fingerprint density at radius 2 is 1.06 bits per heavy atom. The first-order valence-corrected chi connectivity index (χ1v) is 28.1. The van der Waals surface area contributed by atoms with Gasteiger partial charge in [-0.2, -0.15) is 0 Å². The lowest BCUT2D eigenvalue weighted by Gasteiger charge is -2.38. The number of carbonyl (C=O) groups is 2. The second-order valence-electron chi connectivity index (χ2n) is 20.9. The van der Waals surface area contributed by atoms with Gasteiger partial charge >= 0.3 is 11.9 Å². The summed E-state index contributed by atoms with van der Waals surface area (Å²) >= 11 is 24.3. The predicted molar refractivity (Wildman–Crippen MR) is 312 cm³/mol. The number of carboxylic acid groups (broad SMARTS) is 1. The van der Waals surface area contributed by atoms with Crippen LogP contribution in [-0.4, -0.2) is 110 Å². The Morgan fingerprint density at radius 3 is 1.49 bits per heavy atom. The summed E-state index contributed by atoms with van der Waals surface area (Å²) in [5.74, 6) is 4.12. The van der Waals surface area contributed by atoms with E-state index >= 15 is 0 Å². The molecule has 8 heterocycles. The highest BCUT2D eigenvalue weighted by molar-refractivity contribution is 6.36. The van der Waals surface area contributed by atoms with Crippen molar-refractivity contribution in [3.63, 3.8) is 0 Å². The number of hydrogen-bond donors (Lipinski definition) is 1. The van der Waals surface area contributed by atoms with E-state index in [9.17, 15) is 14.7 Å². The van der Waals surface area contributed by atoms with Crippen LogP contribution in [0.1, 0.15) is 76.0 Å². The fourth-order valence-electron chi connectivity index (χ4n) is 9.43. The maximum absolute atomic E-state index is 12.8. The number of aromatic nitrogens is 8. The summed E-state index contributed by atoms with van der Waals surface area (Å²) in [6, 6.07) is 27.9. The van der Waals surface area contributed by atoms with Crippen LogP contribution in [0.4, 0.5) is 0 Å². The van der Waals surface area contributed by atoms with E-state index in [4.69, 9.17) is 88.9 Å². The number of esters is 1. The maximum atomic E-state index is 12.8. The molecule has 0 unspecified atom stereocenters. The highest BCUT2D eigenvalue weighted by Gasteiger charge is 2.32. The molecule has 0 bridgehead atoms. The highest BCUT2D eigenvalue weighted by Crippen LogP contribution is 2.32. The van der Waals surface area contributed by atoms with Gasteiger partial charge in [-0.25, -0.2) is 29.5 Å². The van der Waals surface area contributed by atoms with Gasteiger partial charge in [-0.1, -0.05) is 46.4 Å². The molecule has 0 aliphatic carbocycles. The average Bonchev–Trinajstić information content (AvgIpc) is 4.49. The molecule has 2 saturated heterocycles. The molecular weight excluding hydrogens is 1160 g/mol. The van der Waals surface area contributed by atoms with E-state index in [1.807, 2.05) is 61.7 Å². The average molecular weight is 1220 g/mol. The zero-order valence-electron chi connectivity index (χ0n) is 45.5. The minimum atomic E-state index is -0.988. The number of carbonyl (C=O) groups excluding carboxylic acids is 1. The molecule has 1 N–H and O–H groups in total. The number of ether oxygens (including phenoxy) is 5. The molecule has 12 rings (SSSR count). The number of carboxylic acids is 1. The van der Waals surface area contributed by atoms with Crippen LogP contribution < -0.4 is 18.9 Å². The van der Waals surface area contributed by atoms with Crippen molar-refractivity contribution in [3.05, 3.63) is 200 Å². The molecule has 0 spiro atoms. The van der Waals surface area contributed by atoms with Crippen LogP contribution in [0.25, 0.3) is 22.1 Å². The number of rotatable bonds is 20. The van der Waals surface area contributed by atoms with Crippen molar-refractivity contribution in [1.82, 2.24) is 48.8 Å². The number of oxazole rings is 2. The molecule has 432 valence electrons. The number of benzene rings is 4. The first-order valence-electron chi connectivity index (χ1n) is 26.5. The third kappa shape index (κ3) is 14.4. The number of fused-ring (bicyclic) bond motifs is 2. The molecule has 2 aliphatic heterocycles. The van der Waals surface area contributed by atoms with Crippen molar-refractivity contribution < 1.29 is 47.2 Å². The topological polar surface area (TPSA) is 220 Å². The Kier molecular flexibility index (Phi) is 17.3. The minimum Gasteiger partial charge on any atom is -0.488 e. The first kappa shape index (κ1) is 57.6. The van der Waals surface area contributed by atoms with E-state index < -0.39 is 11.6 Å². The van der Waals surface area contributed by atoms with E-state index in [0.29, 0.717) is 99.4 Å². The van der Waals surface area contributed by atoms with Gasteiger partial charge in [0.1, 0.15) is 77.2 Å². The van der Waals surface area contributed by atoms with Crippen molar-refractivity contribution >= 4 is 80.4 Å². The van der Waals surface area contributed by atoms with Crippen LogP contribution in [0.15, 0.2) is 143 Å². The normalized spacial score (nSPS) is 13.9. The summed E-state index contributed by atoms with van der Waals surface area (Å²) in [6.07, 6.45) is 9.51. The van der Waals surface area contributed by atoms with Gasteiger partial charge in [0, 0.05) is 60.8 Å². The lowest BCUT2D eigenvalue weighted by molar-refractivity contribution is 0.00686. The summed E-state index contributed by atoms with van der Waals surface area (Å²) in [5.41, 5.74) is 4.56.